The number of benzene rings is 1. The highest BCUT2D eigenvalue weighted by atomic mass is 32.2. The maximum Gasteiger partial charge on any atom is 0.119 e. The van der Waals surface area contributed by atoms with Crippen molar-refractivity contribution in [1.29, 1.82) is 0 Å². The molecule has 0 spiro atoms. The largest absolute Gasteiger partial charge is 0.494 e. The van der Waals surface area contributed by atoms with Crippen molar-refractivity contribution in [3.05, 3.63) is 29.8 Å². The van der Waals surface area contributed by atoms with Gasteiger partial charge in [0.15, 0.2) is 0 Å². The van der Waals surface area contributed by atoms with Crippen LogP contribution in [-0.2, 0) is 17.3 Å². The number of hydrogen-bond acceptors (Lipinski definition) is 3. The predicted molar refractivity (Wildman–Crippen MR) is 81.8 cm³/mol. The van der Waals surface area contributed by atoms with E-state index in [0.717, 1.165) is 35.7 Å². The molecule has 0 aliphatic carbocycles. The van der Waals surface area contributed by atoms with Crippen molar-refractivity contribution >= 4 is 10.8 Å². The van der Waals surface area contributed by atoms with Crippen LogP contribution in [0.25, 0.3) is 0 Å². The summed E-state index contributed by atoms with van der Waals surface area (Å²) in [5, 5.41) is 0. The van der Waals surface area contributed by atoms with Gasteiger partial charge in [-0.05, 0) is 30.5 Å². The lowest BCUT2D eigenvalue weighted by Gasteiger charge is -2.07. The van der Waals surface area contributed by atoms with Crippen LogP contribution in [-0.4, -0.2) is 22.3 Å². The average Bonchev–Trinajstić information content (AvgIpc) is 2.44. The molecule has 0 saturated carbocycles. The second kappa shape index (κ2) is 9.98. The maximum absolute atomic E-state index is 11.7. The minimum atomic E-state index is -0.685. The Morgan fingerprint density at radius 1 is 1.21 bits per heavy atom. The Hall–Kier alpha value is -0.870. The van der Waals surface area contributed by atoms with E-state index < -0.39 is 10.8 Å². The molecule has 1 unspecified atom stereocenters. The molecule has 0 amide bonds. The minimum Gasteiger partial charge on any atom is -0.494 e. The van der Waals surface area contributed by atoms with Crippen LogP contribution in [0.5, 0.6) is 5.75 Å². The third-order valence-corrected chi connectivity index (χ3v) is 4.38. The number of nitrogens with two attached hydrogens (primary N) is 1. The van der Waals surface area contributed by atoms with Crippen molar-refractivity contribution < 1.29 is 8.95 Å². The molecule has 1 rings (SSSR count). The van der Waals surface area contributed by atoms with Crippen LogP contribution >= 0.6 is 0 Å². The van der Waals surface area contributed by atoms with Gasteiger partial charge >= 0.3 is 0 Å². The van der Waals surface area contributed by atoms with Gasteiger partial charge in [-0.25, -0.2) is 0 Å². The summed E-state index contributed by atoms with van der Waals surface area (Å²) in [6.45, 7) is 3.30. The molecule has 3 nitrogen and oxygen atoms in total. The third-order valence-electron chi connectivity index (χ3n) is 2.89. The van der Waals surface area contributed by atoms with Crippen LogP contribution in [0.4, 0.5) is 0 Å². The van der Waals surface area contributed by atoms with E-state index in [2.05, 4.69) is 6.92 Å². The van der Waals surface area contributed by atoms with Crippen molar-refractivity contribution in [3.8, 4) is 5.75 Å². The van der Waals surface area contributed by atoms with Crippen molar-refractivity contribution in [2.24, 2.45) is 5.73 Å². The Kier molecular flexibility index (Phi) is 8.50. The normalized spacial score (nSPS) is 12.3. The van der Waals surface area contributed by atoms with Crippen molar-refractivity contribution in [2.45, 2.75) is 39.2 Å². The fourth-order valence-corrected chi connectivity index (χ4v) is 2.96. The lowest BCUT2D eigenvalue weighted by atomic mass is 10.2. The molecule has 0 fully saturated rings. The summed E-state index contributed by atoms with van der Waals surface area (Å²) in [4.78, 5) is 0. The topological polar surface area (TPSA) is 52.3 Å². The van der Waals surface area contributed by atoms with Crippen LogP contribution in [0.2, 0.25) is 0 Å². The summed E-state index contributed by atoms with van der Waals surface area (Å²) in [6, 6.07) is 7.81. The summed E-state index contributed by atoms with van der Waals surface area (Å²) in [6.07, 6.45) is 4.26. The van der Waals surface area contributed by atoms with Crippen LogP contribution in [0.1, 0.15) is 38.2 Å². The van der Waals surface area contributed by atoms with Gasteiger partial charge in [-0.2, -0.15) is 0 Å². The van der Waals surface area contributed by atoms with Crippen molar-refractivity contribution in [1.82, 2.24) is 0 Å². The smallest absolute Gasteiger partial charge is 0.119 e. The standard InChI is InChI=1S/C15H25NO2S/c1-2-3-4-10-19(17)11-6-9-18-15-8-5-7-14(12-15)13-16/h5,7-8,12H,2-4,6,9-11,13,16H2,1H3. The molecule has 0 bridgehead atoms. The monoisotopic (exact) mass is 283 g/mol. The van der Waals surface area contributed by atoms with E-state index >= 15 is 0 Å². The summed E-state index contributed by atoms with van der Waals surface area (Å²) >= 11 is 0. The van der Waals surface area contributed by atoms with Crippen LogP contribution < -0.4 is 10.5 Å². The van der Waals surface area contributed by atoms with Gasteiger partial charge in [0.25, 0.3) is 0 Å². The molecule has 108 valence electrons. The minimum absolute atomic E-state index is 0.526. The number of ether oxygens (including phenoxy) is 1. The molecule has 4 heteroatoms. The van der Waals surface area contributed by atoms with E-state index in [9.17, 15) is 4.21 Å². The lowest BCUT2D eigenvalue weighted by Crippen LogP contribution is -2.07. The zero-order valence-electron chi connectivity index (χ0n) is 11.8. The quantitative estimate of drug-likeness (QED) is 0.672. The van der Waals surface area contributed by atoms with Gasteiger partial charge in [-0.3, -0.25) is 4.21 Å². The van der Waals surface area contributed by atoms with Gasteiger partial charge in [-0.15, -0.1) is 0 Å². The first-order chi connectivity index (χ1) is 9.26. The SMILES string of the molecule is CCCCCS(=O)CCCOc1cccc(CN)c1. The van der Waals surface area contributed by atoms with E-state index in [4.69, 9.17) is 10.5 Å². The van der Waals surface area contributed by atoms with Crippen molar-refractivity contribution in [3.63, 3.8) is 0 Å². The van der Waals surface area contributed by atoms with Crippen LogP contribution in [0.3, 0.4) is 0 Å². The second-order valence-corrected chi connectivity index (χ2v) is 6.30. The van der Waals surface area contributed by atoms with E-state index in [1.54, 1.807) is 0 Å². The highest BCUT2D eigenvalue weighted by molar-refractivity contribution is 7.84. The number of rotatable bonds is 10. The molecule has 19 heavy (non-hydrogen) atoms. The van der Waals surface area contributed by atoms with Gasteiger partial charge in [0.2, 0.25) is 0 Å². The Morgan fingerprint density at radius 3 is 2.74 bits per heavy atom. The molecule has 1 aromatic carbocycles. The number of hydrogen-bond donors (Lipinski definition) is 1. The molecule has 1 atom stereocenters. The summed E-state index contributed by atoms with van der Waals surface area (Å²) < 4.78 is 17.3. The molecule has 0 aliphatic rings. The number of unbranched alkanes of at least 4 members (excludes halogenated alkanes) is 2. The maximum atomic E-state index is 11.7. The Balaban J connectivity index is 2.14. The highest BCUT2D eigenvalue weighted by Gasteiger charge is 2.00. The van der Waals surface area contributed by atoms with E-state index in [0.29, 0.717) is 13.2 Å². The van der Waals surface area contributed by atoms with E-state index in [1.165, 1.54) is 12.8 Å². The third kappa shape index (κ3) is 7.33. The zero-order chi connectivity index (χ0) is 13.9. The van der Waals surface area contributed by atoms with E-state index in [1.807, 2.05) is 24.3 Å². The van der Waals surface area contributed by atoms with Gasteiger partial charge in [0, 0.05) is 28.9 Å². The first kappa shape index (κ1) is 16.2. The summed E-state index contributed by atoms with van der Waals surface area (Å²) in [7, 11) is -0.685. The second-order valence-electron chi connectivity index (χ2n) is 4.61. The average molecular weight is 283 g/mol. The van der Waals surface area contributed by atoms with Gasteiger partial charge in [-0.1, -0.05) is 31.9 Å². The Morgan fingerprint density at radius 2 is 2.00 bits per heavy atom. The molecule has 0 saturated heterocycles. The molecule has 1 aromatic rings. The van der Waals surface area contributed by atoms with Crippen LogP contribution in [0.15, 0.2) is 24.3 Å². The Labute approximate surface area is 119 Å². The lowest BCUT2D eigenvalue weighted by molar-refractivity contribution is 0.318. The fourth-order valence-electron chi connectivity index (χ4n) is 1.79. The van der Waals surface area contributed by atoms with E-state index in [-0.39, 0.29) is 0 Å². The molecule has 0 aliphatic heterocycles. The fraction of sp³-hybridized carbons (Fsp3) is 0.600. The summed E-state index contributed by atoms with van der Waals surface area (Å²) in [5.74, 6) is 2.41. The molecule has 0 heterocycles. The predicted octanol–water partition coefficient (Wildman–Crippen LogP) is 2.85. The van der Waals surface area contributed by atoms with Crippen LogP contribution in [0, 0.1) is 0 Å². The van der Waals surface area contributed by atoms with Gasteiger partial charge in [0.05, 0.1) is 6.61 Å². The summed E-state index contributed by atoms with van der Waals surface area (Å²) in [5.41, 5.74) is 6.65. The van der Waals surface area contributed by atoms with Gasteiger partial charge < -0.3 is 10.5 Å². The molecule has 0 aromatic heterocycles. The molecule has 0 radical (unpaired) electrons. The first-order valence-corrected chi connectivity index (χ1v) is 8.52. The molecular weight excluding hydrogens is 258 g/mol. The molecular formula is C15H25NO2S. The Bertz CT molecular complexity index is 382. The first-order valence-electron chi connectivity index (χ1n) is 7.03. The van der Waals surface area contributed by atoms with Crippen molar-refractivity contribution in [2.75, 3.05) is 18.1 Å². The highest BCUT2D eigenvalue weighted by Crippen LogP contribution is 2.13. The molecule has 2 N–H and O–H groups in total. The zero-order valence-corrected chi connectivity index (χ0v) is 12.6. The van der Waals surface area contributed by atoms with Gasteiger partial charge in [0.1, 0.15) is 5.75 Å².